The molecule has 0 aliphatic rings. The van der Waals surface area contributed by atoms with Gasteiger partial charge in [-0.2, -0.15) is 5.26 Å². The Bertz CT molecular complexity index is 1260. The monoisotopic (exact) mass is 612 g/mol. The fourth-order valence-corrected chi connectivity index (χ4v) is 4.00. The van der Waals surface area contributed by atoms with Crippen molar-refractivity contribution in [2.75, 3.05) is 11.9 Å². The summed E-state index contributed by atoms with van der Waals surface area (Å²) in [5.74, 6) is 1.26. The lowest BCUT2D eigenvalue weighted by Gasteiger charge is -2.17. The summed E-state index contributed by atoms with van der Waals surface area (Å²) in [6.45, 7) is 6.61. The summed E-state index contributed by atoms with van der Waals surface area (Å²) in [4.78, 5) is 12.8. The molecule has 1 N–H and O–H groups in total. The Balaban J connectivity index is 1.70. The number of benzene rings is 3. The summed E-state index contributed by atoms with van der Waals surface area (Å²) in [7, 11) is 0. The molecule has 1 amide bonds. The summed E-state index contributed by atoms with van der Waals surface area (Å²) in [6, 6.07) is 20.4. The summed E-state index contributed by atoms with van der Waals surface area (Å²) in [6.07, 6.45) is 1.47. The second-order valence-corrected chi connectivity index (χ2v) is 9.76. The van der Waals surface area contributed by atoms with E-state index < -0.39 is 5.91 Å². The zero-order valence-electron chi connectivity index (χ0n) is 20.2. The molecule has 36 heavy (non-hydrogen) atoms. The van der Waals surface area contributed by atoms with Crippen molar-refractivity contribution in [1.82, 2.24) is 0 Å². The SMILES string of the molecule is CCOc1cc(/C=C(\C#N)C(=O)Nc2ccc(OCc3ccc(Br)cc3)cc2)cc(Br)c1OC(C)C. The van der Waals surface area contributed by atoms with Crippen LogP contribution in [0.1, 0.15) is 31.9 Å². The van der Waals surface area contributed by atoms with Crippen molar-refractivity contribution in [2.24, 2.45) is 0 Å². The van der Waals surface area contributed by atoms with Gasteiger partial charge in [0.25, 0.3) is 5.91 Å². The third kappa shape index (κ3) is 7.87. The first-order valence-corrected chi connectivity index (χ1v) is 12.9. The van der Waals surface area contributed by atoms with Crippen LogP contribution in [-0.4, -0.2) is 18.6 Å². The van der Waals surface area contributed by atoms with Crippen molar-refractivity contribution < 1.29 is 19.0 Å². The van der Waals surface area contributed by atoms with E-state index in [2.05, 4.69) is 37.2 Å². The number of hydrogen-bond donors (Lipinski definition) is 1. The van der Waals surface area contributed by atoms with Gasteiger partial charge < -0.3 is 19.5 Å². The number of rotatable bonds is 10. The Kier molecular flexibility index (Phi) is 9.97. The van der Waals surface area contributed by atoms with Crippen molar-refractivity contribution in [3.63, 3.8) is 0 Å². The van der Waals surface area contributed by atoms with Crippen LogP contribution in [0.5, 0.6) is 17.2 Å². The van der Waals surface area contributed by atoms with Crippen LogP contribution < -0.4 is 19.5 Å². The maximum Gasteiger partial charge on any atom is 0.266 e. The predicted molar refractivity (Wildman–Crippen MR) is 148 cm³/mol. The summed E-state index contributed by atoms with van der Waals surface area (Å²) in [5, 5.41) is 12.4. The van der Waals surface area contributed by atoms with E-state index in [-0.39, 0.29) is 11.7 Å². The van der Waals surface area contributed by atoms with Crippen LogP contribution >= 0.6 is 31.9 Å². The number of nitrogens with one attached hydrogen (secondary N) is 1. The standard InChI is InChI=1S/C28H26Br2N2O4/c1-4-34-26-15-20(14-25(30)27(26)36-18(2)3)13-21(16-31)28(33)32-23-9-11-24(12-10-23)35-17-19-5-7-22(29)8-6-19/h5-15,18H,4,17H2,1-3H3,(H,32,33)/b21-13+. The first-order valence-electron chi connectivity index (χ1n) is 11.3. The highest BCUT2D eigenvalue weighted by Crippen LogP contribution is 2.38. The van der Waals surface area contributed by atoms with E-state index in [9.17, 15) is 10.1 Å². The first-order chi connectivity index (χ1) is 17.3. The molecule has 3 rings (SSSR count). The van der Waals surface area contributed by atoms with Crippen LogP contribution in [0.25, 0.3) is 6.08 Å². The molecule has 0 heterocycles. The van der Waals surface area contributed by atoms with Gasteiger partial charge in [0.2, 0.25) is 0 Å². The molecule has 0 spiro atoms. The minimum atomic E-state index is -0.516. The smallest absolute Gasteiger partial charge is 0.266 e. The number of carbonyl (C=O) groups is 1. The lowest BCUT2D eigenvalue weighted by atomic mass is 10.1. The molecule has 0 radical (unpaired) electrons. The van der Waals surface area contributed by atoms with Crippen molar-refractivity contribution in [3.8, 4) is 23.3 Å². The van der Waals surface area contributed by atoms with Crippen molar-refractivity contribution >= 4 is 49.5 Å². The van der Waals surface area contributed by atoms with Gasteiger partial charge in [0, 0.05) is 10.2 Å². The number of carbonyl (C=O) groups excluding carboxylic acids is 1. The van der Waals surface area contributed by atoms with Crippen LogP contribution in [0.15, 0.2) is 75.2 Å². The molecule has 0 unspecified atom stereocenters. The number of nitrogens with zero attached hydrogens (tertiary/aromatic N) is 1. The summed E-state index contributed by atoms with van der Waals surface area (Å²) in [5.41, 5.74) is 2.18. The Morgan fingerprint density at radius 2 is 1.75 bits per heavy atom. The fourth-order valence-electron chi connectivity index (χ4n) is 3.18. The third-order valence-electron chi connectivity index (χ3n) is 4.79. The second kappa shape index (κ2) is 13.1. The summed E-state index contributed by atoms with van der Waals surface area (Å²) >= 11 is 6.92. The van der Waals surface area contributed by atoms with Crippen LogP contribution in [0, 0.1) is 11.3 Å². The average Bonchev–Trinajstić information content (AvgIpc) is 2.85. The Labute approximate surface area is 228 Å². The van der Waals surface area contributed by atoms with Crippen LogP contribution in [-0.2, 0) is 11.4 Å². The van der Waals surface area contributed by atoms with Gasteiger partial charge >= 0.3 is 0 Å². The molecule has 0 saturated carbocycles. The Morgan fingerprint density at radius 3 is 2.36 bits per heavy atom. The van der Waals surface area contributed by atoms with E-state index in [1.807, 2.05) is 51.1 Å². The number of halogens is 2. The zero-order chi connectivity index (χ0) is 26.1. The fraction of sp³-hybridized carbons (Fsp3) is 0.214. The number of hydrogen-bond acceptors (Lipinski definition) is 5. The molecule has 3 aromatic rings. The number of nitriles is 1. The molecule has 6 nitrogen and oxygen atoms in total. The minimum Gasteiger partial charge on any atom is -0.490 e. The second-order valence-electron chi connectivity index (χ2n) is 7.99. The molecule has 0 aliphatic heterocycles. The molecule has 8 heteroatoms. The maximum atomic E-state index is 12.8. The Hall–Kier alpha value is -3.28. The van der Waals surface area contributed by atoms with E-state index in [1.54, 1.807) is 36.4 Å². The number of ether oxygens (including phenoxy) is 3. The van der Waals surface area contributed by atoms with Crippen LogP contribution in [0.2, 0.25) is 0 Å². The number of amides is 1. The zero-order valence-corrected chi connectivity index (χ0v) is 23.4. The molecule has 0 bridgehead atoms. The van der Waals surface area contributed by atoms with Crippen LogP contribution in [0.3, 0.4) is 0 Å². The van der Waals surface area contributed by atoms with Crippen molar-refractivity contribution in [1.29, 1.82) is 5.26 Å². The maximum absolute atomic E-state index is 12.8. The van der Waals surface area contributed by atoms with Crippen LogP contribution in [0.4, 0.5) is 5.69 Å². The molecule has 0 atom stereocenters. The van der Waals surface area contributed by atoms with Gasteiger partial charge in [-0.1, -0.05) is 28.1 Å². The van der Waals surface area contributed by atoms with Gasteiger partial charge in [-0.25, -0.2) is 0 Å². The lowest BCUT2D eigenvalue weighted by Crippen LogP contribution is -2.13. The highest BCUT2D eigenvalue weighted by molar-refractivity contribution is 9.10. The van der Waals surface area contributed by atoms with Gasteiger partial charge in [0.15, 0.2) is 11.5 Å². The lowest BCUT2D eigenvalue weighted by molar-refractivity contribution is -0.112. The largest absolute Gasteiger partial charge is 0.490 e. The molecule has 0 fully saturated rings. The van der Waals surface area contributed by atoms with E-state index in [0.717, 1.165) is 10.0 Å². The first kappa shape index (κ1) is 27.3. The van der Waals surface area contributed by atoms with E-state index in [4.69, 9.17) is 14.2 Å². The third-order valence-corrected chi connectivity index (χ3v) is 5.91. The van der Waals surface area contributed by atoms with Gasteiger partial charge in [0.1, 0.15) is 24.0 Å². The van der Waals surface area contributed by atoms with E-state index in [0.29, 0.717) is 46.2 Å². The normalized spacial score (nSPS) is 11.1. The van der Waals surface area contributed by atoms with Gasteiger partial charge in [-0.15, -0.1) is 0 Å². The van der Waals surface area contributed by atoms with Crippen molar-refractivity contribution in [3.05, 3.63) is 86.3 Å². The highest BCUT2D eigenvalue weighted by atomic mass is 79.9. The molecule has 0 aliphatic carbocycles. The van der Waals surface area contributed by atoms with E-state index >= 15 is 0 Å². The molecule has 0 aromatic heterocycles. The Morgan fingerprint density at radius 1 is 1.06 bits per heavy atom. The van der Waals surface area contributed by atoms with E-state index in [1.165, 1.54) is 6.08 Å². The predicted octanol–water partition coefficient (Wildman–Crippen LogP) is 7.52. The molecule has 186 valence electrons. The topological polar surface area (TPSA) is 80.6 Å². The van der Waals surface area contributed by atoms with Gasteiger partial charge in [-0.05, 0) is 102 Å². The molecular weight excluding hydrogens is 588 g/mol. The van der Waals surface area contributed by atoms with Gasteiger partial charge in [-0.3, -0.25) is 4.79 Å². The number of anilines is 1. The van der Waals surface area contributed by atoms with Gasteiger partial charge in [0.05, 0.1) is 17.2 Å². The summed E-state index contributed by atoms with van der Waals surface area (Å²) < 4.78 is 19.0. The van der Waals surface area contributed by atoms with Crippen molar-refractivity contribution in [2.45, 2.75) is 33.5 Å². The molecule has 0 saturated heterocycles. The minimum absolute atomic E-state index is 0.0418. The molecule has 3 aromatic carbocycles. The highest BCUT2D eigenvalue weighted by Gasteiger charge is 2.15. The average molecular weight is 614 g/mol. The molecular formula is C28H26Br2N2O4. The quantitative estimate of drug-likeness (QED) is 0.189.